The van der Waals surface area contributed by atoms with E-state index in [1.54, 1.807) is 36.4 Å². The van der Waals surface area contributed by atoms with Gasteiger partial charge >= 0.3 is 12.4 Å². The Hall–Kier alpha value is -4.41. The standard InChI is InChI=1S/C24H19F3N4O4/c25-24(26,27)35-19-8-6-18(7-9-19)31-21(33)15-30(23(31)34)22(17-10-12-28-13-11-17)29-20(32)14-16-4-2-1-3-5-16/h1-13,22H,14-15H2,(H,29,32). The molecule has 0 spiro atoms. The highest BCUT2D eigenvalue weighted by atomic mass is 19.4. The molecule has 1 unspecified atom stereocenters. The number of benzene rings is 2. The summed E-state index contributed by atoms with van der Waals surface area (Å²) in [5.74, 6) is -1.46. The number of hydrogen-bond donors (Lipinski definition) is 1. The van der Waals surface area contributed by atoms with Crippen LogP contribution in [-0.4, -0.2) is 40.6 Å². The lowest BCUT2D eigenvalue weighted by Crippen LogP contribution is -2.44. The number of nitrogens with one attached hydrogen (secondary N) is 1. The molecular formula is C24H19F3N4O4. The molecule has 35 heavy (non-hydrogen) atoms. The maximum absolute atomic E-state index is 13.2. The van der Waals surface area contributed by atoms with Gasteiger partial charge in [0.15, 0.2) is 0 Å². The van der Waals surface area contributed by atoms with Crippen LogP contribution in [0.25, 0.3) is 0 Å². The molecular weight excluding hydrogens is 465 g/mol. The number of carbonyl (C=O) groups excluding carboxylic acids is 3. The monoisotopic (exact) mass is 484 g/mol. The minimum Gasteiger partial charge on any atom is -0.406 e. The van der Waals surface area contributed by atoms with Gasteiger partial charge in [-0.2, -0.15) is 0 Å². The zero-order valence-corrected chi connectivity index (χ0v) is 18.1. The summed E-state index contributed by atoms with van der Waals surface area (Å²) in [5, 5.41) is 2.80. The van der Waals surface area contributed by atoms with Crippen molar-refractivity contribution in [1.29, 1.82) is 0 Å². The smallest absolute Gasteiger partial charge is 0.406 e. The number of aromatic nitrogens is 1. The van der Waals surface area contributed by atoms with Gasteiger partial charge in [0.05, 0.1) is 12.1 Å². The molecule has 1 aliphatic heterocycles. The first kappa shape index (κ1) is 23.7. The average molecular weight is 484 g/mol. The van der Waals surface area contributed by atoms with E-state index in [2.05, 4.69) is 15.0 Å². The van der Waals surface area contributed by atoms with Crippen molar-refractivity contribution in [2.75, 3.05) is 11.4 Å². The van der Waals surface area contributed by atoms with Crippen LogP contribution >= 0.6 is 0 Å². The van der Waals surface area contributed by atoms with Crippen LogP contribution in [0.4, 0.5) is 23.7 Å². The van der Waals surface area contributed by atoms with E-state index in [0.717, 1.165) is 22.6 Å². The van der Waals surface area contributed by atoms with Crippen molar-refractivity contribution in [3.05, 3.63) is 90.3 Å². The number of pyridine rings is 1. The van der Waals surface area contributed by atoms with Crippen molar-refractivity contribution in [2.24, 2.45) is 0 Å². The maximum Gasteiger partial charge on any atom is 0.573 e. The summed E-state index contributed by atoms with van der Waals surface area (Å²) in [7, 11) is 0. The molecule has 4 amide bonds. The summed E-state index contributed by atoms with van der Waals surface area (Å²) < 4.78 is 41.1. The number of carbonyl (C=O) groups is 3. The molecule has 1 aromatic heterocycles. The highest BCUT2D eigenvalue weighted by Crippen LogP contribution is 2.30. The van der Waals surface area contributed by atoms with Crippen LogP contribution in [0.3, 0.4) is 0 Å². The molecule has 0 bridgehead atoms. The normalized spacial score (nSPS) is 14.7. The molecule has 3 aromatic rings. The van der Waals surface area contributed by atoms with Crippen LogP contribution in [0.2, 0.25) is 0 Å². The van der Waals surface area contributed by atoms with Gasteiger partial charge in [-0.3, -0.25) is 19.5 Å². The fourth-order valence-electron chi connectivity index (χ4n) is 3.64. The first-order chi connectivity index (χ1) is 16.7. The van der Waals surface area contributed by atoms with Gasteiger partial charge < -0.3 is 10.1 Å². The molecule has 1 fully saturated rings. The van der Waals surface area contributed by atoms with Gasteiger partial charge in [0.2, 0.25) is 5.91 Å². The van der Waals surface area contributed by atoms with Gasteiger partial charge in [-0.25, -0.2) is 9.69 Å². The van der Waals surface area contributed by atoms with Crippen LogP contribution in [-0.2, 0) is 16.0 Å². The summed E-state index contributed by atoms with van der Waals surface area (Å²) in [6, 6.07) is 15.9. The van der Waals surface area contributed by atoms with Crippen molar-refractivity contribution >= 4 is 23.5 Å². The van der Waals surface area contributed by atoms with Gasteiger partial charge in [0, 0.05) is 12.4 Å². The summed E-state index contributed by atoms with van der Waals surface area (Å²) in [4.78, 5) is 44.7. The van der Waals surface area contributed by atoms with E-state index in [0.29, 0.717) is 5.56 Å². The van der Waals surface area contributed by atoms with Gasteiger partial charge in [-0.05, 0) is 47.5 Å². The summed E-state index contributed by atoms with van der Waals surface area (Å²) in [6.07, 6.45) is -2.80. The Morgan fingerprint density at radius 1 is 1.00 bits per heavy atom. The van der Waals surface area contributed by atoms with Crippen molar-refractivity contribution in [3.8, 4) is 5.75 Å². The predicted molar refractivity (Wildman–Crippen MR) is 118 cm³/mol. The highest BCUT2D eigenvalue weighted by Gasteiger charge is 2.42. The first-order valence-corrected chi connectivity index (χ1v) is 10.4. The molecule has 0 aliphatic carbocycles. The second kappa shape index (κ2) is 9.84. The molecule has 180 valence electrons. The van der Waals surface area contributed by atoms with Gasteiger partial charge in [-0.1, -0.05) is 30.3 Å². The fraction of sp³-hybridized carbons (Fsp3) is 0.167. The third kappa shape index (κ3) is 5.75. The lowest BCUT2D eigenvalue weighted by atomic mass is 10.1. The number of anilines is 1. The van der Waals surface area contributed by atoms with Crippen LogP contribution in [0, 0.1) is 0 Å². The first-order valence-electron chi connectivity index (χ1n) is 10.4. The molecule has 2 heterocycles. The van der Waals surface area contributed by atoms with E-state index in [4.69, 9.17) is 0 Å². The highest BCUT2D eigenvalue weighted by molar-refractivity contribution is 6.20. The summed E-state index contributed by atoms with van der Waals surface area (Å²) >= 11 is 0. The lowest BCUT2D eigenvalue weighted by Gasteiger charge is -2.28. The maximum atomic E-state index is 13.2. The Morgan fingerprint density at radius 3 is 2.29 bits per heavy atom. The van der Waals surface area contributed by atoms with Gasteiger partial charge in [-0.15, -0.1) is 13.2 Å². The molecule has 11 heteroatoms. The Morgan fingerprint density at radius 2 is 1.66 bits per heavy atom. The Labute approximate surface area is 197 Å². The Bertz CT molecular complexity index is 1200. The molecule has 4 rings (SSSR count). The number of urea groups is 1. The average Bonchev–Trinajstić information content (AvgIpc) is 3.12. The molecule has 0 saturated carbocycles. The van der Waals surface area contributed by atoms with E-state index < -0.39 is 30.2 Å². The topological polar surface area (TPSA) is 91.8 Å². The fourth-order valence-corrected chi connectivity index (χ4v) is 3.64. The second-order valence-electron chi connectivity index (χ2n) is 7.59. The number of rotatable bonds is 7. The lowest BCUT2D eigenvalue weighted by molar-refractivity contribution is -0.274. The van der Waals surface area contributed by atoms with Crippen molar-refractivity contribution < 1.29 is 32.3 Å². The number of nitrogens with zero attached hydrogens (tertiary/aromatic N) is 3. The zero-order valence-electron chi connectivity index (χ0n) is 18.1. The van der Waals surface area contributed by atoms with Crippen LogP contribution in [0.15, 0.2) is 79.1 Å². The Kier molecular flexibility index (Phi) is 6.67. The van der Waals surface area contributed by atoms with E-state index >= 15 is 0 Å². The van der Waals surface area contributed by atoms with E-state index in [-0.39, 0.29) is 24.6 Å². The Balaban J connectivity index is 1.56. The number of alkyl halides is 3. The second-order valence-corrected chi connectivity index (χ2v) is 7.59. The number of halogens is 3. The molecule has 1 N–H and O–H groups in total. The molecule has 1 saturated heterocycles. The van der Waals surface area contributed by atoms with Crippen LogP contribution < -0.4 is 15.0 Å². The van der Waals surface area contributed by atoms with Crippen molar-refractivity contribution in [2.45, 2.75) is 18.9 Å². The summed E-state index contributed by atoms with van der Waals surface area (Å²) in [6.45, 7) is -0.349. The summed E-state index contributed by atoms with van der Waals surface area (Å²) in [5.41, 5.74) is 1.37. The van der Waals surface area contributed by atoms with E-state index in [9.17, 15) is 27.6 Å². The number of imide groups is 1. The van der Waals surface area contributed by atoms with Crippen molar-refractivity contribution in [1.82, 2.24) is 15.2 Å². The minimum atomic E-state index is -4.87. The molecule has 2 aromatic carbocycles. The third-order valence-corrected chi connectivity index (χ3v) is 5.16. The number of amides is 4. The largest absolute Gasteiger partial charge is 0.573 e. The van der Waals surface area contributed by atoms with Crippen molar-refractivity contribution in [3.63, 3.8) is 0 Å². The molecule has 8 nitrogen and oxygen atoms in total. The van der Waals surface area contributed by atoms with E-state index in [1.165, 1.54) is 29.4 Å². The molecule has 0 radical (unpaired) electrons. The van der Waals surface area contributed by atoms with E-state index in [1.807, 2.05) is 6.07 Å². The number of hydrogen-bond acceptors (Lipinski definition) is 5. The molecule has 1 atom stereocenters. The SMILES string of the molecule is O=C(Cc1ccccc1)NC(c1ccncc1)N1CC(=O)N(c2ccc(OC(F)(F)F)cc2)C1=O. The zero-order chi connectivity index (χ0) is 25.0. The number of ether oxygens (including phenoxy) is 1. The van der Waals surface area contributed by atoms with Crippen LogP contribution in [0.1, 0.15) is 17.3 Å². The third-order valence-electron chi connectivity index (χ3n) is 5.16. The van der Waals surface area contributed by atoms with Gasteiger partial charge in [0.25, 0.3) is 5.91 Å². The minimum absolute atomic E-state index is 0.0583. The predicted octanol–water partition coefficient (Wildman–Crippen LogP) is 3.81. The van der Waals surface area contributed by atoms with Gasteiger partial charge in [0.1, 0.15) is 18.5 Å². The quantitative estimate of drug-likeness (QED) is 0.515. The molecule has 1 aliphatic rings. The van der Waals surface area contributed by atoms with Crippen LogP contribution in [0.5, 0.6) is 5.75 Å².